The fraction of sp³-hybridized carbons (Fsp3) is 0.222. The average Bonchev–Trinajstić information content (AvgIpc) is 3.31. The zero-order valence-electron chi connectivity index (χ0n) is 14.7. The number of H-pyrrole nitrogens is 1. The van der Waals surface area contributed by atoms with Crippen LogP contribution in [-0.4, -0.2) is 46.4 Å². The van der Waals surface area contributed by atoms with Gasteiger partial charge >= 0.3 is 0 Å². The molecule has 0 aromatic carbocycles. The summed E-state index contributed by atoms with van der Waals surface area (Å²) in [5.41, 5.74) is 2.77. The number of carbonyl (C=O) groups excluding carboxylic acids is 2. The Bertz CT molecular complexity index is 978. The van der Waals surface area contributed by atoms with Crippen molar-refractivity contribution in [2.45, 2.75) is 6.92 Å². The highest BCUT2D eigenvalue weighted by atomic mass is 32.1. The van der Waals surface area contributed by atoms with E-state index >= 15 is 0 Å². The summed E-state index contributed by atoms with van der Waals surface area (Å²) in [5.74, 6) is 0.447. The second-order valence-corrected chi connectivity index (χ2v) is 7.25. The Balaban J connectivity index is 1.42. The molecule has 4 rings (SSSR count). The minimum absolute atomic E-state index is 0.0155. The summed E-state index contributed by atoms with van der Waals surface area (Å²) in [4.78, 5) is 37.6. The number of piperazine rings is 1. The van der Waals surface area contributed by atoms with Gasteiger partial charge in [0.05, 0.1) is 29.1 Å². The van der Waals surface area contributed by atoms with Gasteiger partial charge in [0.2, 0.25) is 5.91 Å². The van der Waals surface area contributed by atoms with Gasteiger partial charge in [0.1, 0.15) is 11.5 Å². The third-order valence-corrected chi connectivity index (χ3v) is 4.98. The number of nitrogens with one attached hydrogen (secondary N) is 3. The molecule has 4 heterocycles. The second kappa shape index (κ2) is 7.20. The topological polar surface area (TPSA) is 103 Å². The molecule has 0 aliphatic carbocycles. The van der Waals surface area contributed by atoms with Crippen molar-refractivity contribution in [2.24, 2.45) is 0 Å². The summed E-state index contributed by atoms with van der Waals surface area (Å²) in [6.45, 7) is 3.56. The van der Waals surface area contributed by atoms with Crippen LogP contribution in [0.25, 0.3) is 11.3 Å². The highest BCUT2D eigenvalue weighted by Crippen LogP contribution is 2.23. The average molecular weight is 382 g/mol. The zero-order chi connectivity index (χ0) is 18.8. The monoisotopic (exact) mass is 382 g/mol. The molecule has 0 unspecified atom stereocenters. The molecule has 0 saturated carbocycles. The second-order valence-electron chi connectivity index (χ2n) is 6.18. The standard InChI is InChI=1S/C18H18N6O2S/c1-11-22-15(10-27-11)12-6-14(20-7-12)18(26)23-13-2-3-16(21-8-13)24-5-4-19-17(25)9-24/h2-3,6-8,10,20H,4-5,9H2,1H3,(H,19,25)(H,23,26). The van der Waals surface area contributed by atoms with Crippen molar-refractivity contribution >= 4 is 34.7 Å². The van der Waals surface area contributed by atoms with Crippen LogP contribution in [0, 0.1) is 6.92 Å². The molecule has 1 fully saturated rings. The molecule has 9 heteroatoms. The Kier molecular flexibility index (Phi) is 4.59. The summed E-state index contributed by atoms with van der Waals surface area (Å²) >= 11 is 1.57. The van der Waals surface area contributed by atoms with Crippen molar-refractivity contribution in [3.8, 4) is 11.3 Å². The molecule has 3 aromatic heterocycles. The van der Waals surface area contributed by atoms with Gasteiger partial charge in [0.25, 0.3) is 5.91 Å². The van der Waals surface area contributed by atoms with E-state index in [0.29, 0.717) is 36.8 Å². The van der Waals surface area contributed by atoms with Gasteiger partial charge in [-0.1, -0.05) is 0 Å². The first kappa shape index (κ1) is 17.2. The van der Waals surface area contributed by atoms with Gasteiger partial charge in [0, 0.05) is 30.2 Å². The van der Waals surface area contributed by atoms with Gasteiger partial charge in [0.15, 0.2) is 0 Å². The normalized spacial score (nSPS) is 14.1. The van der Waals surface area contributed by atoms with E-state index in [1.807, 2.05) is 17.2 Å². The van der Waals surface area contributed by atoms with Crippen molar-refractivity contribution in [3.63, 3.8) is 0 Å². The summed E-state index contributed by atoms with van der Waals surface area (Å²) in [6.07, 6.45) is 3.36. The maximum atomic E-state index is 12.4. The number of anilines is 2. The van der Waals surface area contributed by atoms with Crippen molar-refractivity contribution in [2.75, 3.05) is 29.9 Å². The van der Waals surface area contributed by atoms with E-state index < -0.39 is 0 Å². The van der Waals surface area contributed by atoms with E-state index in [-0.39, 0.29) is 11.8 Å². The number of nitrogens with zero attached hydrogens (tertiary/aromatic N) is 3. The van der Waals surface area contributed by atoms with Gasteiger partial charge < -0.3 is 20.5 Å². The Labute approximate surface area is 159 Å². The predicted octanol–water partition coefficient (Wildman–Crippen LogP) is 2.03. The maximum absolute atomic E-state index is 12.4. The Morgan fingerprint density at radius 1 is 1.37 bits per heavy atom. The lowest BCUT2D eigenvalue weighted by atomic mass is 10.2. The lowest BCUT2D eigenvalue weighted by Gasteiger charge is -2.27. The van der Waals surface area contributed by atoms with Crippen LogP contribution in [0.15, 0.2) is 36.0 Å². The molecule has 1 saturated heterocycles. The molecule has 1 aliphatic rings. The lowest BCUT2D eigenvalue weighted by molar-refractivity contribution is -0.120. The predicted molar refractivity (Wildman–Crippen MR) is 104 cm³/mol. The fourth-order valence-corrected chi connectivity index (χ4v) is 3.47. The van der Waals surface area contributed by atoms with Gasteiger partial charge in [-0.2, -0.15) is 0 Å². The maximum Gasteiger partial charge on any atom is 0.272 e. The van der Waals surface area contributed by atoms with E-state index in [1.54, 1.807) is 41.9 Å². The third-order valence-electron chi connectivity index (χ3n) is 4.21. The van der Waals surface area contributed by atoms with Crippen LogP contribution < -0.4 is 15.5 Å². The first-order valence-electron chi connectivity index (χ1n) is 8.48. The number of carbonyl (C=O) groups is 2. The van der Waals surface area contributed by atoms with E-state index in [2.05, 4.69) is 25.6 Å². The van der Waals surface area contributed by atoms with Crippen molar-refractivity contribution < 1.29 is 9.59 Å². The largest absolute Gasteiger partial charge is 0.357 e. The molecule has 0 radical (unpaired) electrons. The minimum atomic E-state index is -0.250. The van der Waals surface area contributed by atoms with Crippen LogP contribution >= 0.6 is 11.3 Å². The molecular formula is C18H18N6O2S. The minimum Gasteiger partial charge on any atom is -0.357 e. The lowest BCUT2D eigenvalue weighted by Crippen LogP contribution is -2.48. The molecule has 8 nitrogen and oxygen atoms in total. The Morgan fingerprint density at radius 3 is 2.96 bits per heavy atom. The van der Waals surface area contributed by atoms with Crippen LogP contribution in [-0.2, 0) is 4.79 Å². The van der Waals surface area contributed by atoms with Crippen molar-refractivity contribution in [1.29, 1.82) is 0 Å². The fourth-order valence-electron chi connectivity index (χ4n) is 2.85. The number of amides is 2. The van der Waals surface area contributed by atoms with E-state index in [4.69, 9.17) is 0 Å². The first-order valence-corrected chi connectivity index (χ1v) is 9.36. The van der Waals surface area contributed by atoms with Gasteiger partial charge in [-0.05, 0) is 25.1 Å². The van der Waals surface area contributed by atoms with Crippen LogP contribution in [0.2, 0.25) is 0 Å². The van der Waals surface area contributed by atoms with Crippen LogP contribution in [0.4, 0.5) is 11.5 Å². The number of thiazole rings is 1. The first-order chi connectivity index (χ1) is 13.1. The molecule has 0 atom stereocenters. The zero-order valence-corrected chi connectivity index (χ0v) is 15.5. The quantitative estimate of drug-likeness (QED) is 0.641. The number of rotatable bonds is 4. The van der Waals surface area contributed by atoms with E-state index in [0.717, 1.165) is 16.3 Å². The molecular weight excluding hydrogens is 364 g/mol. The van der Waals surface area contributed by atoms with Crippen molar-refractivity contribution in [3.05, 3.63) is 46.7 Å². The molecule has 3 N–H and O–H groups in total. The van der Waals surface area contributed by atoms with Crippen LogP contribution in [0.3, 0.4) is 0 Å². The van der Waals surface area contributed by atoms with Crippen LogP contribution in [0.1, 0.15) is 15.5 Å². The van der Waals surface area contributed by atoms with Gasteiger partial charge in [-0.3, -0.25) is 9.59 Å². The van der Waals surface area contributed by atoms with E-state index in [1.165, 1.54) is 0 Å². The molecule has 0 spiro atoms. The highest BCUT2D eigenvalue weighted by molar-refractivity contribution is 7.09. The molecule has 138 valence electrons. The van der Waals surface area contributed by atoms with Gasteiger partial charge in [-0.25, -0.2) is 9.97 Å². The molecule has 3 aromatic rings. The highest BCUT2D eigenvalue weighted by Gasteiger charge is 2.17. The SMILES string of the molecule is Cc1nc(-c2c[nH]c(C(=O)Nc3ccc(N4CCNC(=O)C4)nc3)c2)cs1. The number of aromatic nitrogens is 3. The Morgan fingerprint density at radius 2 is 2.26 bits per heavy atom. The number of pyridine rings is 1. The number of hydrogen-bond donors (Lipinski definition) is 3. The summed E-state index contributed by atoms with van der Waals surface area (Å²) in [5, 5.41) is 8.54. The Hall–Kier alpha value is -3.20. The smallest absolute Gasteiger partial charge is 0.272 e. The summed E-state index contributed by atoms with van der Waals surface area (Å²) in [6, 6.07) is 5.35. The van der Waals surface area contributed by atoms with Gasteiger partial charge in [-0.15, -0.1) is 11.3 Å². The third kappa shape index (κ3) is 3.82. The molecule has 27 heavy (non-hydrogen) atoms. The summed E-state index contributed by atoms with van der Waals surface area (Å²) in [7, 11) is 0. The molecule has 0 bridgehead atoms. The van der Waals surface area contributed by atoms with E-state index in [9.17, 15) is 9.59 Å². The number of aryl methyl sites for hydroxylation is 1. The number of hydrogen-bond acceptors (Lipinski definition) is 6. The summed E-state index contributed by atoms with van der Waals surface area (Å²) < 4.78 is 0. The molecule has 2 amide bonds. The van der Waals surface area contributed by atoms with Crippen molar-refractivity contribution in [1.82, 2.24) is 20.3 Å². The molecule has 1 aliphatic heterocycles. The number of aromatic amines is 1. The van der Waals surface area contributed by atoms with Crippen LogP contribution in [0.5, 0.6) is 0 Å².